The molecule has 1 unspecified atom stereocenters. The van der Waals surface area contributed by atoms with E-state index in [1.54, 1.807) is 0 Å². The van der Waals surface area contributed by atoms with Gasteiger partial charge in [-0.05, 0) is 55.2 Å². The second-order valence-corrected chi connectivity index (χ2v) is 6.19. The molecule has 0 radical (unpaired) electrons. The zero-order valence-corrected chi connectivity index (χ0v) is 13.5. The van der Waals surface area contributed by atoms with Gasteiger partial charge in [-0.3, -0.25) is 4.79 Å². The molecule has 0 spiro atoms. The van der Waals surface area contributed by atoms with Gasteiger partial charge in [-0.1, -0.05) is 37.0 Å². The van der Waals surface area contributed by atoms with Gasteiger partial charge in [-0.15, -0.1) is 0 Å². The third-order valence-electron chi connectivity index (χ3n) is 4.20. The average molecular weight is 303 g/mol. The standard InChI is InChI=1S/C21H21NO/c1-17-6-5-15-22(16-17)21(23)20-13-11-19(12-14-20)10-9-18-7-3-2-4-8-18/h2-4,7-8,11-14,17H,5-6,15-16H2,1H3. The summed E-state index contributed by atoms with van der Waals surface area (Å²) in [7, 11) is 0. The van der Waals surface area contributed by atoms with Crippen LogP contribution < -0.4 is 0 Å². The van der Waals surface area contributed by atoms with E-state index in [9.17, 15) is 4.79 Å². The molecular formula is C21H21NO. The van der Waals surface area contributed by atoms with Gasteiger partial charge in [-0.2, -0.15) is 0 Å². The van der Waals surface area contributed by atoms with E-state index < -0.39 is 0 Å². The van der Waals surface area contributed by atoms with E-state index >= 15 is 0 Å². The van der Waals surface area contributed by atoms with Crippen LogP contribution in [-0.2, 0) is 0 Å². The number of amides is 1. The van der Waals surface area contributed by atoms with E-state index in [0.29, 0.717) is 5.92 Å². The lowest BCUT2D eigenvalue weighted by molar-refractivity contribution is 0.0683. The minimum absolute atomic E-state index is 0.138. The summed E-state index contributed by atoms with van der Waals surface area (Å²) in [6, 6.07) is 17.5. The van der Waals surface area contributed by atoms with Crippen LogP contribution in [0.25, 0.3) is 0 Å². The summed E-state index contributed by atoms with van der Waals surface area (Å²) in [4.78, 5) is 14.5. The molecule has 1 amide bonds. The summed E-state index contributed by atoms with van der Waals surface area (Å²) in [5.41, 5.74) is 2.68. The molecule has 1 heterocycles. The van der Waals surface area contributed by atoms with Gasteiger partial charge >= 0.3 is 0 Å². The van der Waals surface area contributed by atoms with E-state index in [1.165, 1.54) is 6.42 Å². The second kappa shape index (κ2) is 7.15. The molecule has 0 saturated carbocycles. The van der Waals surface area contributed by atoms with Crippen molar-refractivity contribution < 1.29 is 4.79 Å². The van der Waals surface area contributed by atoms with Gasteiger partial charge in [0.2, 0.25) is 0 Å². The maximum absolute atomic E-state index is 12.5. The van der Waals surface area contributed by atoms with Crippen LogP contribution >= 0.6 is 0 Å². The quantitative estimate of drug-likeness (QED) is 0.730. The normalized spacial score (nSPS) is 17.3. The fourth-order valence-electron chi connectivity index (χ4n) is 2.92. The Morgan fingerprint density at radius 2 is 1.65 bits per heavy atom. The molecule has 1 saturated heterocycles. The van der Waals surface area contributed by atoms with E-state index in [-0.39, 0.29) is 5.91 Å². The third kappa shape index (κ3) is 4.02. The minimum Gasteiger partial charge on any atom is -0.338 e. The third-order valence-corrected chi connectivity index (χ3v) is 4.20. The van der Waals surface area contributed by atoms with Crippen molar-refractivity contribution in [1.29, 1.82) is 0 Å². The molecule has 0 bridgehead atoms. The zero-order valence-electron chi connectivity index (χ0n) is 13.5. The van der Waals surface area contributed by atoms with E-state index in [1.807, 2.05) is 59.5 Å². The van der Waals surface area contributed by atoms with Gasteiger partial charge in [0.1, 0.15) is 0 Å². The van der Waals surface area contributed by atoms with Crippen LogP contribution in [-0.4, -0.2) is 23.9 Å². The first-order valence-electron chi connectivity index (χ1n) is 8.19. The van der Waals surface area contributed by atoms with Crippen molar-refractivity contribution in [3.63, 3.8) is 0 Å². The number of nitrogens with zero attached hydrogens (tertiary/aromatic N) is 1. The topological polar surface area (TPSA) is 20.3 Å². The maximum Gasteiger partial charge on any atom is 0.253 e. The molecule has 3 rings (SSSR count). The van der Waals surface area contributed by atoms with Crippen LogP contribution in [0.2, 0.25) is 0 Å². The number of carbonyl (C=O) groups excluding carboxylic acids is 1. The lowest BCUT2D eigenvalue weighted by Gasteiger charge is -2.31. The van der Waals surface area contributed by atoms with Crippen molar-refractivity contribution in [2.24, 2.45) is 5.92 Å². The molecule has 0 N–H and O–H groups in total. The lowest BCUT2D eigenvalue weighted by Crippen LogP contribution is -2.39. The number of benzene rings is 2. The summed E-state index contributed by atoms with van der Waals surface area (Å²) in [6.45, 7) is 3.95. The molecule has 116 valence electrons. The second-order valence-electron chi connectivity index (χ2n) is 6.19. The number of hydrogen-bond acceptors (Lipinski definition) is 1. The van der Waals surface area contributed by atoms with Crippen molar-refractivity contribution >= 4 is 5.91 Å². The molecule has 2 aromatic rings. The first kappa shape index (κ1) is 15.4. The number of rotatable bonds is 1. The fourth-order valence-corrected chi connectivity index (χ4v) is 2.92. The van der Waals surface area contributed by atoms with E-state index in [4.69, 9.17) is 0 Å². The van der Waals surface area contributed by atoms with Gasteiger partial charge in [0, 0.05) is 29.8 Å². The lowest BCUT2D eigenvalue weighted by atomic mass is 9.99. The van der Waals surface area contributed by atoms with Crippen molar-refractivity contribution in [2.75, 3.05) is 13.1 Å². The van der Waals surface area contributed by atoms with Crippen LogP contribution in [0.15, 0.2) is 54.6 Å². The van der Waals surface area contributed by atoms with Crippen molar-refractivity contribution in [3.8, 4) is 11.8 Å². The predicted octanol–water partition coefficient (Wildman–Crippen LogP) is 3.96. The largest absolute Gasteiger partial charge is 0.338 e. The van der Waals surface area contributed by atoms with Crippen LogP contribution in [0.1, 0.15) is 41.3 Å². The van der Waals surface area contributed by atoms with Crippen LogP contribution in [0.4, 0.5) is 0 Å². The Morgan fingerprint density at radius 3 is 2.30 bits per heavy atom. The predicted molar refractivity (Wildman–Crippen MR) is 93.2 cm³/mol. The van der Waals surface area contributed by atoms with Crippen molar-refractivity contribution in [2.45, 2.75) is 19.8 Å². The minimum atomic E-state index is 0.138. The molecule has 1 fully saturated rings. The Kier molecular flexibility index (Phi) is 4.78. The zero-order chi connectivity index (χ0) is 16.1. The van der Waals surface area contributed by atoms with Gasteiger partial charge in [-0.25, -0.2) is 0 Å². The van der Waals surface area contributed by atoms with Crippen molar-refractivity contribution in [3.05, 3.63) is 71.3 Å². The maximum atomic E-state index is 12.5. The summed E-state index contributed by atoms with van der Waals surface area (Å²) in [5, 5.41) is 0. The highest BCUT2D eigenvalue weighted by molar-refractivity contribution is 5.94. The molecule has 0 aliphatic carbocycles. The van der Waals surface area contributed by atoms with Gasteiger partial charge < -0.3 is 4.90 Å². The Bertz CT molecular complexity index is 722. The van der Waals surface area contributed by atoms with Crippen molar-refractivity contribution in [1.82, 2.24) is 4.90 Å². The highest BCUT2D eigenvalue weighted by atomic mass is 16.2. The molecule has 2 heteroatoms. The fraction of sp³-hybridized carbons (Fsp3) is 0.286. The first-order valence-corrected chi connectivity index (χ1v) is 8.19. The van der Waals surface area contributed by atoms with Gasteiger partial charge in [0.05, 0.1) is 0 Å². The van der Waals surface area contributed by atoms with Crippen LogP contribution in [0.3, 0.4) is 0 Å². The number of piperidine rings is 1. The van der Waals surface area contributed by atoms with E-state index in [0.717, 1.165) is 36.2 Å². The summed E-state index contributed by atoms with van der Waals surface area (Å²) in [6.07, 6.45) is 2.32. The molecule has 1 aliphatic rings. The monoisotopic (exact) mass is 303 g/mol. The Labute approximate surface area is 138 Å². The van der Waals surface area contributed by atoms with Crippen LogP contribution in [0, 0.1) is 17.8 Å². The Hall–Kier alpha value is -2.53. The molecule has 1 aliphatic heterocycles. The van der Waals surface area contributed by atoms with Crippen LogP contribution in [0.5, 0.6) is 0 Å². The summed E-state index contributed by atoms with van der Waals surface area (Å²) >= 11 is 0. The molecular weight excluding hydrogens is 282 g/mol. The van der Waals surface area contributed by atoms with E-state index in [2.05, 4.69) is 18.8 Å². The molecule has 23 heavy (non-hydrogen) atoms. The number of hydrogen-bond donors (Lipinski definition) is 0. The van der Waals surface area contributed by atoms with Gasteiger partial charge in [0.25, 0.3) is 5.91 Å². The summed E-state index contributed by atoms with van der Waals surface area (Å²) < 4.78 is 0. The number of likely N-dealkylation sites (tertiary alicyclic amines) is 1. The highest BCUT2D eigenvalue weighted by Crippen LogP contribution is 2.18. The SMILES string of the molecule is CC1CCCN(C(=O)c2ccc(C#Cc3ccccc3)cc2)C1. The van der Waals surface area contributed by atoms with Gasteiger partial charge in [0.15, 0.2) is 0 Å². The number of carbonyl (C=O) groups is 1. The Balaban J connectivity index is 1.70. The summed E-state index contributed by atoms with van der Waals surface area (Å²) in [5.74, 6) is 7.01. The first-order chi connectivity index (χ1) is 11.2. The molecule has 2 aromatic carbocycles. The Morgan fingerprint density at radius 1 is 1.00 bits per heavy atom. The average Bonchev–Trinajstić information content (AvgIpc) is 2.61. The molecule has 1 atom stereocenters. The molecule has 0 aromatic heterocycles. The highest BCUT2D eigenvalue weighted by Gasteiger charge is 2.21. The smallest absolute Gasteiger partial charge is 0.253 e. The molecule has 2 nitrogen and oxygen atoms in total.